The van der Waals surface area contributed by atoms with Gasteiger partial charge in [0, 0.05) is 15.6 Å². The van der Waals surface area contributed by atoms with Crippen LogP contribution in [0.3, 0.4) is 0 Å². The van der Waals surface area contributed by atoms with Crippen LogP contribution in [0.1, 0.15) is 5.56 Å². The Morgan fingerprint density at radius 1 is 1.14 bits per heavy atom. The second kappa shape index (κ2) is 5.71. The molecule has 0 saturated carbocycles. The quantitative estimate of drug-likeness (QED) is 0.728. The summed E-state index contributed by atoms with van der Waals surface area (Å²) in [5, 5.41) is 12.6. The van der Waals surface area contributed by atoms with Crippen molar-refractivity contribution in [3.8, 4) is 17.1 Å². The van der Waals surface area contributed by atoms with Gasteiger partial charge < -0.3 is 5.73 Å². The molecule has 0 spiro atoms. The minimum Gasteiger partial charge on any atom is -0.389 e. The van der Waals surface area contributed by atoms with Crippen LogP contribution in [0.4, 0.5) is 0 Å². The SMILES string of the molecule is NC(=S)c1ccc(Br)cc1-n1nnc(-c2ccccc2)n1. The number of halogens is 1. The van der Waals surface area contributed by atoms with E-state index in [0.29, 0.717) is 17.1 Å². The third-order valence-electron chi connectivity index (χ3n) is 2.89. The van der Waals surface area contributed by atoms with E-state index in [9.17, 15) is 0 Å². The molecule has 0 amide bonds. The molecule has 0 saturated heterocycles. The summed E-state index contributed by atoms with van der Waals surface area (Å²) < 4.78 is 0.885. The molecule has 0 unspecified atom stereocenters. The molecule has 1 heterocycles. The van der Waals surface area contributed by atoms with Gasteiger partial charge >= 0.3 is 0 Å². The second-order valence-corrected chi connectivity index (χ2v) is 5.65. The first kappa shape index (κ1) is 13.8. The van der Waals surface area contributed by atoms with Crippen molar-refractivity contribution in [1.29, 1.82) is 0 Å². The average Bonchev–Trinajstić information content (AvgIpc) is 2.97. The normalized spacial score (nSPS) is 10.5. The van der Waals surface area contributed by atoms with E-state index in [-0.39, 0.29) is 4.99 Å². The van der Waals surface area contributed by atoms with E-state index >= 15 is 0 Å². The molecule has 0 radical (unpaired) electrons. The summed E-state index contributed by atoms with van der Waals surface area (Å²) >= 11 is 8.49. The van der Waals surface area contributed by atoms with Gasteiger partial charge in [-0.1, -0.05) is 58.5 Å². The molecule has 0 bridgehead atoms. The van der Waals surface area contributed by atoms with Gasteiger partial charge in [-0.3, -0.25) is 0 Å². The van der Waals surface area contributed by atoms with Crippen LogP contribution in [0, 0.1) is 0 Å². The molecule has 0 aliphatic rings. The lowest BCUT2D eigenvalue weighted by molar-refractivity contribution is 0.718. The zero-order chi connectivity index (χ0) is 14.8. The van der Waals surface area contributed by atoms with Crippen LogP contribution in [0.25, 0.3) is 17.1 Å². The van der Waals surface area contributed by atoms with Crippen molar-refractivity contribution in [3.05, 3.63) is 58.6 Å². The van der Waals surface area contributed by atoms with Gasteiger partial charge in [0.1, 0.15) is 4.99 Å². The summed E-state index contributed by atoms with van der Waals surface area (Å²) in [6, 6.07) is 15.2. The van der Waals surface area contributed by atoms with Crippen molar-refractivity contribution in [2.24, 2.45) is 5.73 Å². The lowest BCUT2D eigenvalue weighted by atomic mass is 10.2. The molecule has 0 aliphatic heterocycles. The fraction of sp³-hybridized carbons (Fsp3) is 0. The fourth-order valence-corrected chi connectivity index (χ4v) is 2.42. The van der Waals surface area contributed by atoms with Gasteiger partial charge in [-0.15, -0.1) is 15.0 Å². The molecule has 1 aromatic heterocycles. The third kappa shape index (κ3) is 2.84. The van der Waals surface area contributed by atoms with Gasteiger partial charge in [0.2, 0.25) is 5.82 Å². The molecular weight excluding hydrogens is 350 g/mol. The lowest BCUT2D eigenvalue weighted by Gasteiger charge is -2.06. The molecule has 7 heteroatoms. The Balaban J connectivity index is 2.08. The smallest absolute Gasteiger partial charge is 0.205 e. The summed E-state index contributed by atoms with van der Waals surface area (Å²) in [6.45, 7) is 0. The second-order valence-electron chi connectivity index (χ2n) is 4.29. The number of hydrogen-bond acceptors (Lipinski definition) is 4. The monoisotopic (exact) mass is 359 g/mol. The summed E-state index contributed by atoms with van der Waals surface area (Å²) in [4.78, 5) is 1.72. The van der Waals surface area contributed by atoms with Crippen molar-refractivity contribution in [3.63, 3.8) is 0 Å². The minimum atomic E-state index is 0.288. The predicted molar refractivity (Wildman–Crippen MR) is 88.2 cm³/mol. The highest BCUT2D eigenvalue weighted by Crippen LogP contribution is 2.20. The zero-order valence-corrected chi connectivity index (χ0v) is 13.2. The maximum atomic E-state index is 5.75. The van der Waals surface area contributed by atoms with Crippen LogP contribution in [0.2, 0.25) is 0 Å². The van der Waals surface area contributed by atoms with Crippen LogP contribution in [0.15, 0.2) is 53.0 Å². The van der Waals surface area contributed by atoms with Gasteiger partial charge in [0.25, 0.3) is 0 Å². The Morgan fingerprint density at radius 3 is 2.62 bits per heavy atom. The molecule has 104 valence electrons. The number of nitrogens with zero attached hydrogens (tertiary/aromatic N) is 4. The van der Waals surface area contributed by atoms with Gasteiger partial charge in [-0.2, -0.15) is 0 Å². The van der Waals surface area contributed by atoms with Crippen LogP contribution in [0.5, 0.6) is 0 Å². The van der Waals surface area contributed by atoms with Gasteiger partial charge in [-0.25, -0.2) is 0 Å². The Kier molecular flexibility index (Phi) is 3.76. The van der Waals surface area contributed by atoms with Crippen molar-refractivity contribution < 1.29 is 0 Å². The standard InChI is InChI=1S/C14H10BrN5S/c15-10-6-7-11(13(16)21)12(8-10)20-18-14(17-19-20)9-4-2-1-3-5-9/h1-8H,(H2,16,21). The number of aromatic nitrogens is 4. The molecule has 2 aromatic carbocycles. The molecule has 0 aliphatic carbocycles. The first-order valence-corrected chi connectivity index (χ1v) is 7.30. The Bertz CT molecular complexity index is 800. The Morgan fingerprint density at radius 2 is 1.90 bits per heavy atom. The van der Waals surface area contributed by atoms with Gasteiger partial charge in [-0.05, 0) is 23.4 Å². The van der Waals surface area contributed by atoms with E-state index in [2.05, 4.69) is 31.3 Å². The molecule has 0 fully saturated rings. The fourth-order valence-electron chi connectivity index (χ4n) is 1.90. The third-order valence-corrected chi connectivity index (χ3v) is 3.60. The minimum absolute atomic E-state index is 0.288. The van der Waals surface area contributed by atoms with Crippen LogP contribution < -0.4 is 5.73 Å². The molecule has 3 aromatic rings. The first-order chi connectivity index (χ1) is 10.1. The van der Waals surface area contributed by atoms with Crippen LogP contribution >= 0.6 is 28.1 Å². The number of benzene rings is 2. The molecule has 3 rings (SSSR count). The Hall–Kier alpha value is -2.12. The molecule has 0 atom stereocenters. The van der Waals surface area contributed by atoms with E-state index in [0.717, 1.165) is 10.0 Å². The largest absolute Gasteiger partial charge is 0.389 e. The number of nitrogens with two attached hydrogens (primary N) is 1. The van der Waals surface area contributed by atoms with Crippen molar-refractivity contribution in [2.75, 3.05) is 0 Å². The number of hydrogen-bond donors (Lipinski definition) is 1. The number of thiocarbonyl (C=S) groups is 1. The van der Waals surface area contributed by atoms with Gasteiger partial charge in [0.15, 0.2) is 0 Å². The van der Waals surface area contributed by atoms with Crippen molar-refractivity contribution in [1.82, 2.24) is 20.2 Å². The average molecular weight is 360 g/mol. The van der Waals surface area contributed by atoms with Crippen LogP contribution in [-0.2, 0) is 0 Å². The highest BCUT2D eigenvalue weighted by molar-refractivity contribution is 9.10. The van der Waals surface area contributed by atoms with E-state index in [1.54, 1.807) is 0 Å². The lowest BCUT2D eigenvalue weighted by Crippen LogP contribution is -2.14. The summed E-state index contributed by atoms with van der Waals surface area (Å²) in [5.41, 5.74) is 8.03. The van der Waals surface area contributed by atoms with Crippen molar-refractivity contribution >= 4 is 33.1 Å². The van der Waals surface area contributed by atoms with E-state index in [1.165, 1.54) is 4.80 Å². The maximum absolute atomic E-state index is 5.75. The first-order valence-electron chi connectivity index (χ1n) is 6.10. The van der Waals surface area contributed by atoms with Crippen LogP contribution in [-0.4, -0.2) is 25.2 Å². The van der Waals surface area contributed by atoms with Gasteiger partial charge in [0.05, 0.1) is 5.69 Å². The zero-order valence-electron chi connectivity index (χ0n) is 10.8. The molecule has 21 heavy (non-hydrogen) atoms. The maximum Gasteiger partial charge on any atom is 0.205 e. The van der Waals surface area contributed by atoms with E-state index < -0.39 is 0 Å². The predicted octanol–water partition coefficient (Wildman–Crippen LogP) is 2.73. The number of rotatable bonds is 3. The van der Waals surface area contributed by atoms with E-state index in [4.69, 9.17) is 18.0 Å². The summed E-state index contributed by atoms with van der Waals surface area (Å²) in [5.74, 6) is 0.546. The molecular formula is C14H10BrN5S. The topological polar surface area (TPSA) is 69.6 Å². The van der Waals surface area contributed by atoms with E-state index in [1.807, 2.05) is 48.5 Å². The molecule has 5 nitrogen and oxygen atoms in total. The highest BCUT2D eigenvalue weighted by atomic mass is 79.9. The van der Waals surface area contributed by atoms with Crippen molar-refractivity contribution in [2.45, 2.75) is 0 Å². The number of tetrazole rings is 1. The highest BCUT2D eigenvalue weighted by Gasteiger charge is 2.12. The summed E-state index contributed by atoms with van der Waals surface area (Å²) in [6.07, 6.45) is 0. The Labute approximate surface area is 134 Å². The molecule has 2 N–H and O–H groups in total. The summed E-state index contributed by atoms with van der Waals surface area (Å²) in [7, 11) is 0.